The number of hydrogen-bond donors (Lipinski definition) is 4. The molecule has 5 atom stereocenters. The normalized spacial score (nSPS) is 19.2. The first-order chi connectivity index (χ1) is 23.7. The fourth-order valence-electron chi connectivity index (χ4n) is 6.12. The van der Waals surface area contributed by atoms with Crippen LogP contribution in [0.2, 0.25) is 0 Å². The lowest BCUT2D eigenvalue weighted by Gasteiger charge is -2.32. The molecule has 0 saturated carbocycles. The van der Waals surface area contributed by atoms with Crippen molar-refractivity contribution in [1.82, 2.24) is 20.4 Å². The topological polar surface area (TPSA) is 198 Å². The summed E-state index contributed by atoms with van der Waals surface area (Å²) in [6, 6.07) is 13.3. The van der Waals surface area contributed by atoms with Crippen LogP contribution in [-0.2, 0) is 46.5 Å². The Morgan fingerprint density at radius 1 is 0.860 bits per heavy atom. The first kappa shape index (κ1) is 37.8. The number of likely N-dealkylation sites (tertiary alicyclic amines) is 2. The second-order valence-electron chi connectivity index (χ2n) is 13.6. The number of carbonyl (C=O) groups excluding carboxylic acids is 6. The zero-order chi connectivity index (χ0) is 36.4. The Bertz CT molecular complexity index is 1510. The molecule has 0 aromatic heterocycles. The summed E-state index contributed by atoms with van der Waals surface area (Å²) < 4.78 is 10.9. The van der Waals surface area contributed by atoms with Crippen molar-refractivity contribution in [2.24, 2.45) is 5.73 Å². The maximum Gasteiger partial charge on any atom is 0.410 e. The molecule has 0 bridgehead atoms. The van der Waals surface area contributed by atoms with E-state index in [1.807, 2.05) is 18.2 Å². The summed E-state index contributed by atoms with van der Waals surface area (Å²) in [7, 11) is 0. The highest BCUT2D eigenvalue weighted by Gasteiger charge is 2.42. The number of aliphatic hydroxyl groups is 1. The predicted octanol–water partition coefficient (Wildman–Crippen LogP) is 1.57. The molecule has 270 valence electrons. The molecule has 2 saturated heterocycles. The molecule has 0 aliphatic carbocycles. The van der Waals surface area contributed by atoms with E-state index in [1.54, 1.807) is 63.2 Å². The maximum absolute atomic E-state index is 13.7. The summed E-state index contributed by atoms with van der Waals surface area (Å²) >= 11 is 0. The van der Waals surface area contributed by atoms with E-state index in [2.05, 4.69) is 10.6 Å². The molecule has 5 amide bonds. The van der Waals surface area contributed by atoms with Crippen molar-refractivity contribution in [3.8, 4) is 0 Å². The molecule has 4 rings (SSSR count). The second kappa shape index (κ2) is 17.1. The first-order valence-corrected chi connectivity index (χ1v) is 16.8. The molecule has 0 radical (unpaired) electrons. The molecule has 2 aliphatic rings. The zero-order valence-electron chi connectivity index (χ0n) is 28.7. The Balaban J connectivity index is 1.48. The lowest BCUT2D eigenvalue weighted by atomic mass is 9.99. The van der Waals surface area contributed by atoms with Gasteiger partial charge in [0.25, 0.3) is 5.91 Å². The molecule has 2 aromatic rings. The fourth-order valence-corrected chi connectivity index (χ4v) is 6.12. The molecule has 14 nitrogen and oxygen atoms in total. The van der Waals surface area contributed by atoms with Gasteiger partial charge in [-0.05, 0) is 64.0 Å². The third-order valence-corrected chi connectivity index (χ3v) is 8.51. The summed E-state index contributed by atoms with van der Waals surface area (Å²) in [6.07, 6.45) is -1.38. The molecule has 2 aromatic carbocycles. The number of ether oxygens (including phenoxy) is 2. The standard InChI is InChI=1S/C36H47N5O9/c1-36(2,3)50-34(47)28-17-11-18-40(28)33(46)30(43)25(20-23-12-6-4-7-13-23)38-31(44)26(21-29(37)42)39-32(45)27-16-10-19-41(27)35(48)49-22-24-14-8-5-9-15-24/h4-9,12-15,25-28,30,43H,10-11,16-22H2,1-3H3,(H2,37,42)(H,38,44)(H,39,45)/t25-,26-,27-,28-,30?/m0/s1. The van der Waals surface area contributed by atoms with Gasteiger partial charge in [0.05, 0.1) is 12.5 Å². The van der Waals surface area contributed by atoms with Crippen LogP contribution in [0.5, 0.6) is 0 Å². The van der Waals surface area contributed by atoms with E-state index >= 15 is 0 Å². The number of esters is 1. The van der Waals surface area contributed by atoms with Crippen LogP contribution in [0.4, 0.5) is 4.79 Å². The predicted molar refractivity (Wildman–Crippen MR) is 181 cm³/mol. The number of carbonyl (C=O) groups is 6. The van der Waals surface area contributed by atoms with Gasteiger partial charge in [0, 0.05) is 13.1 Å². The molecule has 50 heavy (non-hydrogen) atoms. The molecule has 1 unspecified atom stereocenters. The Morgan fingerprint density at radius 3 is 2.04 bits per heavy atom. The number of nitrogens with two attached hydrogens (primary N) is 1. The fraction of sp³-hybridized carbons (Fsp3) is 0.500. The third kappa shape index (κ3) is 10.5. The Hall–Kier alpha value is -4.98. The van der Waals surface area contributed by atoms with Crippen molar-refractivity contribution in [2.45, 2.75) is 102 Å². The van der Waals surface area contributed by atoms with Crippen LogP contribution in [0.3, 0.4) is 0 Å². The summed E-state index contributed by atoms with van der Waals surface area (Å²) in [6.45, 7) is 5.63. The Morgan fingerprint density at radius 2 is 1.44 bits per heavy atom. The van der Waals surface area contributed by atoms with Crippen LogP contribution in [-0.4, -0.2) is 99.6 Å². The van der Waals surface area contributed by atoms with E-state index in [0.29, 0.717) is 31.2 Å². The van der Waals surface area contributed by atoms with Gasteiger partial charge in [-0.25, -0.2) is 9.59 Å². The largest absolute Gasteiger partial charge is 0.458 e. The smallest absolute Gasteiger partial charge is 0.410 e. The van der Waals surface area contributed by atoms with E-state index in [0.717, 1.165) is 5.56 Å². The number of benzene rings is 2. The SMILES string of the molecule is CC(C)(C)OC(=O)[C@@H]1CCCN1C(=O)C(O)[C@H](Cc1ccccc1)NC(=O)[C@H](CC(N)=O)NC(=O)[C@@H]1CCCN1C(=O)OCc1ccccc1. The van der Waals surface area contributed by atoms with Crippen molar-refractivity contribution in [2.75, 3.05) is 13.1 Å². The summed E-state index contributed by atoms with van der Waals surface area (Å²) in [4.78, 5) is 81.3. The second-order valence-corrected chi connectivity index (χ2v) is 13.6. The highest BCUT2D eigenvalue weighted by atomic mass is 16.6. The van der Waals surface area contributed by atoms with Crippen molar-refractivity contribution < 1.29 is 43.3 Å². The van der Waals surface area contributed by atoms with Crippen LogP contribution >= 0.6 is 0 Å². The van der Waals surface area contributed by atoms with Crippen LogP contribution in [0.1, 0.15) is 64.0 Å². The minimum Gasteiger partial charge on any atom is -0.458 e. The van der Waals surface area contributed by atoms with E-state index < -0.39 is 78.0 Å². The van der Waals surface area contributed by atoms with Gasteiger partial charge in [0.2, 0.25) is 17.7 Å². The Kier molecular flexibility index (Phi) is 12.9. The molecule has 2 heterocycles. The molecule has 0 spiro atoms. The zero-order valence-corrected chi connectivity index (χ0v) is 28.7. The first-order valence-electron chi connectivity index (χ1n) is 16.8. The number of amides is 5. The van der Waals surface area contributed by atoms with Gasteiger partial charge in [-0.3, -0.25) is 24.1 Å². The summed E-state index contributed by atoms with van der Waals surface area (Å²) in [5, 5.41) is 16.6. The lowest BCUT2D eigenvalue weighted by molar-refractivity contribution is -0.165. The van der Waals surface area contributed by atoms with E-state index in [1.165, 1.54) is 9.80 Å². The summed E-state index contributed by atoms with van der Waals surface area (Å²) in [5.41, 5.74) is 6.13. The van der Waals surface area contributed by atoms with Gasteiger partial charge < -0.3 is 35.8 Å². The quantitative estimate of drug-likeness (QED) is 0.225. The highest BCUT2D eigenvalue weighted by molar-refractivity contribution is 5.95. The van der Waals surface area contributed by atoms with Gasteiger partial charge in [-0.2, -0.15) is 0 Å². The average molecular weight is 694 g/mol. The average Bonchev–Trinajstić information content (AvgIpc) is 3.77. The molecule has 14 heteroatoms. The maximum atomic E-state index is 13.7. The molecular formula is C36H47N5O9. The third-order valence-electron chi connectivity index (χ3n) is 8.51. The minimum absolute atomic E-state index is 0.00528. The monoisotopic (exact) mass is 693 g/mol. The molecular weight excluding hydrogens is 646 g/mol. The van der Waals surface area contributed by atoms with Crippen LogP contribution < -0.4 is 16.4 Å². The van der Waals surface area contributed by atoms with E-state index in [9.17, 15) is 33.9 Å². The number of rotatable bonds is 13. The molecule has 5 N–H and O–H groups in total. The summed E-state index contributed by atoms with van der Waals surface area (Å²) in [5.74, 6) is -3.80. The van der Waals surface area contributed by atoms with Crippen LogP contribution in [0.15, 0.2) is 60.7 Å². The molecule has 2 aliphatic heterocycles. The number of aliphatic hydroxyl groups excluding tert-OH is 1. The number of nitrogens with one attached hydrogen (secondary N) is 2. The Labute approximate surface area is 291 Å². The van der Waals surface area contributed by atoms with E-state index in [4.69, 9.17) is 15.2 Å². The van der Waals surface area contributed by atoms with E-state index in [-0.39, 0.29) is 26.1 Å². The number of primary amides is 1. The van der Waals surface area contributed by atoms with Crippen molar-refractivity contribution >= 4 is 35.7 Å². The van der Waals surface area contributed by atoms with Gasteiger partial charge in [0.1, 0.15) is 30.3 Å². The van der Waals surface area contributed by atoms with Gasteiger partial charge in [0.15, 0.2) is 6.10 Å². The minimum atomic E-state index is -1.79. The van der Waals surface area contributed by atoms with Gasteiger partial charge >= 0.3 is 12.1 Å². The van der Waals surface area contributed by atoms with Crippen LogP contribution in [0.25, 0.3) is 0 Å². The van der Waals surface area contributed by atoms with Crippen LogP contribution in [0, 0.1) is 0 Å². The van der Waals surface area contributed by atoms with Crippen molar-refractivity contribution in [3.63, 3.8) is 0 Å². The number of nitrogens with zero attached hydrogens (tertiary/aromatic N) is 2. The highest BCUT2D eigenvalue weighted by Crippen LogP contribution is 2.24. The van der Waals surface area contributed by atoms with Gasteiger partial charge in [-0.15, -0.1) is 0 Å². The number of hydrogen-bond acceptors (Lipinski definition) is 9. The van der Waals surface area contributed by atoms with Crippen molar-refractivity contribution in [3.05, 3.63) is 71.8 Å². The lowest BCUT2D eigenvalue weighted by Crippen LogP contribution is -2.59. The van der Waals surface area contributed by atoms with Gasteiger partial charge in [-0.1, -0.05) is 60.7 Å². The molecule has 2 fully saturated rings. The van der Waals surface area contributed by atoms with Crippen molar-refractivity contribution in [1.29, 1.82) is 0 Å².